The Morgan fingerprint density at radius 3 is 2.78 bits per heavy atom. The number of ether oxygens (including phenoxy) is 2. The van der Waals surface area contributed by atoms with E-state index < -0.39 is 5.41 Å². The second-order valence-corrected chi connectivity index (χ2v) is 11.7. The van der Waals surface area contributed by atoms with Gasteiger partial charge >= 0.3 is 11.9 Å². The van der Waals surface area contributed by atoms with Crippen molar-refractivity contribution in [3.63, 3.8) is 0 Å². The molecule has 1 aromatic heterocycles. The van der Waals surface area contributed by atoms with Gasteiger partial charge in [0.25, 0.3) is 0 Å². The summed E-state index contributed by atoms with van der Waals surface area (Å²) in [7, 11) is 0. The molecule has 1 saturated heterocycles. The van der Waals surface area contributed by atoms with Crippen LogP contribution in [0.25, 0.3) is 0 Å². The Morgan fingerprint density at radius 1 is 1.11 bits per heavy atom. The Morgan fingerprint density at radius 2 is 2.00 bits per heavy atom. The number of carbonyl (C=O) groups excluding carboxylic acids is 2. The Bertz CT molecular complexity index is 1280. The molecule has 8 rings (SSSR count). The molecule has 5 nitrogen and oxygen atoms in total. The highest BCUT2D eigenvalue weighted by molar-refractivity contribution is 6.00. The zero-order valence-electron chi connectivity index (χ0n) is 21.3. The van der Waals surface area contributed by atoms with Crippen molar-refractivity contribution in [2.45, 2.75) is 78.1 Å². The van der Waals surface area contributed by atoms with Gasteiger partial charge in [-0.2, -0.15) is 0 Å². The van der Waals surface area contributed by atoms with Crippen LogP contribution in [-0.4, -0.2) is 16.9 Å². The van der Waals surface area contributed by atoms with Gasteiger partial charge in [-0.15, -0.1) is 0 Å². The number of unbranched alkanes of at least 4 members (excludes halogenated alkanes) is 1. The smallest absolute Gasteiger partial charge is 0.340 e. The van der Waals surface area contributed by atoms with Gasteiger partial charge in [0, 0.05) is 29.5 Å². The van der Waals surface area contributed by atoms with Crippen molar-refractivity contribution in [1.29, 1.82) is 0 Å². The number of rotatable bonds is 6. The van der Waals surface area contributed by atoms with Crippen LogP contribution in [0.3, 0.4) is 0 Å². The predicted molar refractivity (Wildman–Crippen MR) is 135 cm³/mol. The van der Waals surface area contributed by atoms with E-state index in [1.807, 2.05) is 12.4 Å². The van der Waals surface area contributed by atoms with E-state index in [9.17, 15) is 9.59 Å². The van der Waals surface area contributed by atoms with Gasteiger partial charge in [-0.25, -0.2) is 9.59 Å². The Balaban J connectivity index is 1.46. The minimum atomic E-state index is -0.526. The molecule has 188 valence electrons. The Labute approximate surface area is 212 Å². The molecule has 3 heterocycles. The maximum atomic E-state index is 13.7. The molecular weight excluding hydrogens is 450 g/mol. The van der Waals surface area contributed by atoms with E-state index in [2.05, 4.69) is 31.0 Å². The number of fused-ring (bicyclic) bond motifs is 1. The molecule has 5 atom stereocenters. The molecule has 1 N–H and O–H groups in total. The fraction of sp³-hybridized carbons (Fsp3) is 0.548. The summed E-state index contributed by atoms with van der Waals surface area (Å²) < 4.78 is 12.2. The van der Waals surface area contributed by atoms with Crippen molar-refractivity contribution in [2.24, 2.45) is 29.1 Å². The lowest BCUT2D eigenvalue weighted by Crippen LogP contribution is -2.53. The van der Waals surface area contributed by atoms with E-state index in [0.29, 0.717) is 17.8 Å². The van der Waals surface area contributed by atoms with Gasteiger partial charge in [0.05, 0.1) is 11.0 Å². The van der Waals surface area contributed by atoms with Crippen LogP contribution >= 0.6 is 0 Å². The third kappa shape index (κ3) is 2.83. The number of nitrogens with one attached hydrogen (secondary N) is 1. The molecule has 0 amide bonds. The summed E-state index contributed by atoms with van der Waals surface area (Å²) in [6, 6.07) is 2.11. The predicted octanol–water partition coefficient (Wildman–Crippen LogP) is 6.46. The number of H-pyrrole nitrogens is 1. The number of hydrogen-bond donors (Lipinski definition) is 1. The maximum absolute atomic E-state index is 13.7. The van der Waals surface area contributed by atoms with Crippen molar-refractivity contribution in [3.8, 4) is 0 Å². The third-order valence-electron chi connectivity index (χ3n) is 9.96. The quantitative estimate of drug-likeness (QED) is 0.470. The topological polar surface area (TPSA) is 68.4 Å². The normalized spacial score (nSPS) is 35.3. The molecular formula is C31H35NO4. The summed E-state index contributed by atoms with van der Waals surface area (Å²) in [6.07, 6.45) is 16.0. The van der Waals surface area contributed by atoms with Crippen LogP contribution in [0.2, 0.25) is 0 Å². The molecule has 0 unspecified atom stereocenters. The zero-order chi connectivity index (χ0) is 24.6. The number of aromatic nitrogens is 1. The molecule has 0 aromatic carbocycles. The van der Waals surface area contributed by atoms with E-state index >= 15 is 0 Å². The molecule has 1 saturated carbocycles. The second kappa shape index (κ2) is 8.09. The maximum Gasteiger partial charge on any atom is 0.340 e. The number of cyclic esters (lactones) is 1. The van der Waals surface area contributed by atoms with Crippen LogP contribution in [0.4, 0.5) is 0 Å². The lowest BCUT2D eigenvalue weighted by atomic mass is 9.43. The van der Waals surface area contributed by atoms with Gasteiger partial charge in [0.15, 0.2) is 0 Å². The van der Waals surface area contributed by atoms with Crippen molar-refractivity contribution in [1.82, 2.24) is 4.98 Å². The van der Waals surface area contributed by atoms with Gasteiger partial charge in [-0.3, -0.25) is 0 Å². The van der Waals surface area contributed by atoms with Crippen LogP contribution in [-0.2, 0) is 25.5 Å². The third-order valence-corrected chi connectivity index (χ3v) is 9.96. The molecule has 2 aliphatic heterocycles. The first-order valence-electron chi connectivity index (χ1n) is 14.0. The first-order chi connectivity index (χ1) is 17.6. The number of allylic oxidation sites excluding steroid dienone is 5. The minimum absolute atomic E-state index is 0.0204. The molecule has 2 bridgehead atoms. The molecule has 36 heavy (non-hydrogen) atoms. The van der Waals surface area contributed by atoms with Crippen LogP contribution in [0.15, 0.2) is 63.9 Å². The summed E-state index contributed by atoms with van der Waals surface area (Å²) in [5.74, 6) is 2.39. The first-order valence-corrected chi connectivity index (χ1v) is 14.0. The summed E-state index contributed by atoms with van der Waals surface area (Å²) in [5.41, 5.74) is 6.21. The van der Waals surface area contributed by atoms with Gasteiger partial charge in [-0.1, -0.05) is 32.3 Å². The van der Waals surface area contributed by atoms with E-state index in [0.717, 1.165) is 86.9 Å². The van der Waals surface area contributed by atoms with E-state index in [1.165, 1.54) is 22.3 Å². The van der Waals surface area contributed by atoms with Crippen LogP contribution in [0.5, 0.6) is 0 Å². The highest BCUT2D eigenvalue weighted by atomic mass is 16.5. The van der Waals surface area contributed by atoms with Gasteiger partial charge < -0.3 is 14.5 Å². The second-order valence-electron chi connectivity index (χ2n) is 11.7. The average molecular weight is 486 g/mol. The molecule has 1 spiro atoms. The van der Waals surface area contributed by atoms with E-state index in [4.69, 9.17) is 9.47 Å². The number of aromatic amines is 1. The van der Waals surface area contributed by atoms with Crippen molar-refractivity contribution < 1.29 is 19.1 Å². The van der Waals surface area contributed by atoms with Gasteiger partial charge in [-0.05, 0) is 92.4 Å². The number of esters is 2. The van der Waals surface area contributed by atoms with Crippen LogP contribution in [0.1, 0.15) is 77.2 Å². The summed E-state index contributed by atoms with van der Waals surface area (Å²) in [5, 5.41) is 0. The number of hydrogen-bond acceptors (Lipinski definition) is 4. The van der Waals surface area contributed by atoms with Gasteiger partial charge in [0.1, 0.15) is 11.5 Å². The fourth-order valence-corrected chi connectivity index (χ4v) is 8.77. The first kappa shape index (κ1) is 22.4. The zero-order valence-corrected chi connectivity index (χ0v) is 21.3. The van der Waals surface area contributed by atoms with Crippen molar-refractivity contribution in [2.75, 3.05) is 0 Å². The standard InChI is InChI=1S/C31H35NO4/c1-3-5-7-23-31-12-10-20(21(27(31)30(34)35-23)14-17-11-13-32-16-17)22-15-19-9-8-18(6-4-2)28-24(19)25(26(22)31)29(33)36-28/h7,11,13,16,19-20,22,26,32H,3-6,8-10,12,14-15H2,1-2H3/b23-7-/t19-,20-,22+,26-,31+/m1/s1. The van der Waals surface area contributed by atoms with Gasteiger partial charge in [0.2, 0.25) is 0 Å². The van der Waals surface area contributed by atoms with Crippen LogP contribution < -0.4 is 0 Å². The summed E-state index contributed by atoms with van der Waals surface area (Å²) in [4.78, 5) is 30.5. The Kier molecular flexibility index (Phi) is 5.03. The van der Waals surface area contributed by atoms with E-state index in [1.54, 1.807) is 0 Å². The summed E-state index contributed by atoms with van der Waals surface area (Å²) >= 11 is 0. The molecule has 2 fully saturated rings. The molecule has 1 aromatic rings. The highest BCUT2D eigenvalue weighted by Gasteiger charge is 2.69. The minimum Gasteiger partial charge on any atom is -0.427 e. The molecule has 7 aliphatic rings. The van der Waals surface area contributed by atoms with Crippen molar-refractivity contribution in [3.05, 3.63) is 69.5 Å². The average Bonchev–Trinajstić information content (AvgIpc) is 3.58. The molecule has 5 aliphatic carbocycles. The Hall–Kier alpha value is -2.82. The molecule has 5 heteroatoms. The van der Waals surface area contributed by atoms with Crippen molar-refractivity contribution >= 4 is 11.9 Å². The monoisotopic (exact) mass is 485 g/mol. The largest absolute Gasteiger partial charge is 0.427 e. The fourth-order valence-electron chi connectivity index (χ4n) is 8.77. The SMILES string of the molecule is CCC/C=C1\OC(=O)C2=C(Cc3cc[nH]c3)[C@H]3CC[C@]21[C@H]1C2=C4C(=C(CCC)CC[C@@H]4C[C@@H]31)OC2=O. The molecule has 0 radical (unpaired) electrons. The highest BCUT2D eigenvalue weighted by Crippen LogP contribution is 2.71. The van der Waals surface area contributed by atoms with Crippen LogP contribution in [0, 0.1) is 29.1 Å². The number of carbonyl (C=O) groups is 2. The lowest BCUT2D eigenvalue weighted by Gasteiger charge is -2.57. The summed E-state index contributed by atoms with van der Waals surface area (Å²) in [6.45, 7) is 4.34. The lowest BCUT2D eigenvalue weighted by molar-refractivity contribution is -0.135. The van der Waals surface area contributed by atoms with E-state index in [-0.39, 0.29) is 17.9 Å².